The van der Waals surface area contributed by atoms with Crippen LogP contribution < -0.4 is 9.80 Å². The maximum absolute atomic E-state index is 2.48. The average Bonchev–Trinajstić information content (AvgIpc) is 4.18. The van der Waals surface area contributed by atoms with Crippen LogP contribution in [0.3, 0.4) is 0 Å². The predicted octanol–water partition coefficient (Wildman–Crippen LogP) is 22.4. The minimum Gasteiger partial charge on any atom is -0.310 e. The van der Waals surface area contributed by atoms with E-state index in [1.54, 1.807) is 0 Å². The van der Waals surface area contributed by atoms with Crippen molar-refractivity contribution in [1.82, 2.24) is 4.57 Å². The Morgan fingerprint density at radius 2 is 0.554 bits per heavy atom. The lowest BCUT2D eigenvalue weighted by Gasteiger charge is -2.32. The molecule has 390 valence electrons. The predicted molar refractivity (Wildman–Crippen MR) is 352 cm³/mol. The van der Waals surface area contributed by atoms with Gasteiger partial charge in [-0.3, -0.25) is 0 Å². The normalized spacial score (nSPS) is 11.4. The Morgan fingerprint density at radius 3 is 1.02 bits per heavy atom. The number of para-hydroxylation sites is 2. The average molecular weight is 1060 g/mol. The zero-order valence-corrected chi connectivity index (χ0v) is 45.6. The summed E-state index contributed by atoms with van der Waals surface area (Å²) in [5.41, 5.74) is 21.4. The molecule has 0 aliphatic carbocycles. The molecular formula is C80H55N3. The van der Waals surface area contributed by atoms with E-state index in [9.17, 15) is 0 Å². The first-order valence-corrected chi connectivity index (χ1v) is 28.5. The quantitative estimate of drug-likeness (QED) is 0.121. The number of benzene rings is 14. The lowest BCUT2D eigenvalue weighted by atomic mass is 9.95. The van der Waals surface area contributed by atoms with Gasteiger partial charge < -0.3 is 14.4 Å². The van der Waals surface area contributed by atoms with E-state index in [4.69, 9.17) is 0 Å². The first-order chi connectivity index (χ1) is 41.2. The second-order valence-electron chi connectivity index (χ2n) is 21.2. The van der Waals surface area contributed by atoms with Crippen molar-refractivity contribution in [1.29, 1.82) is 0 Å². The second kappa shape index (κ2) is 21.2. The molecule has 15 rings (SSSR count). The van der Waals surface area contributed by atoms with E-state index in [0.717, 1.165) is 78.4 Å². The molecule has 0 radical (unpaired) electrons. The van der Waals surface area contributed by atoms with E-state index < -0.39 is 0 Å². The lowest BCUT2D eigenvalue weighted by molar-refractivity contribution is 1.18. The Labute approximate surface area is 484 Å². The van der Waals surface area contributed by atoms with Gasteiger partial charge in [-0.15, -0.1) is 0 Å². The van der Waals surface area contributed by atoms with Gasteiger partial charge in [-0.1, -0.05) is 249 Å². The third-order valence-corrected chi connectivity index (χ3v) is 16.4. The third kappa shape index (κ3) is 9.07. The highest BCUT2D eigenvalue weighted by molar-refractivity contribution is 6.12. The molecule has 1 aromatic heterocycles. The molecule has 3 heteroatoms. The molecule has 1 heterocycles. The van der Waals surface area contributed by atoms with Gasteiger partial charge in [-0.2, -0.15) is 0 Å². The van der Waals surface area contributed by atoms with Gasteiger partial charge in [0.15, 0.2) is 0 Å². The van der Waals surface area contributed by atoms with Crippen molar-refractivity contribution in [2.45, 2.75) is 0 Å². The molecule has 83 heavy (non-hydrogen) atoms. The number of aromatic nitrogens is 1. The highest BCUT2D eigenvalue weighted by Gasteiger charge is 2.24. The van der Waals surface area contributed by atoms with Crippen molar-refractivity contribution in [3.63, 3.8) is 0 Å². The molecule has 0 saturated heterocycles. The van der Waals surface area contributed by atoms with E-state index in [-0.39, 0.29) is 0 Å². The van der Waals surface area contributed by atoms with Crippen molar-refractivity contribution < 1.29 is 0 Å². The van der Waals surface area contributed by atoms with Crippen LogP contribution in [0.5, 0.6) is 0 Å². The van der Waals surface area contributed by atoms with Gasteiger partial charge in [0.05, 0.1) is 22.4 Å². The molecular weight excluding hydrogens is 1000 g/mol. The van der Waals surface area contributed by atoms with E-state index in [1.807, 2.05) is 0 Å². The van der Waals surface area contributed by atoms with Crippen LogP contribution in [-0.2, 0) is 0 Å². The van der Waals surface area contributed by atoms with Gasteiger partial charge in [0.2, 0.25) is 0 Å². The summed E-state index contributed by atoms with van der Waals surface area (Å²) in [6.45, 7) is 0. The van der Waals surface area contributed by atoms with Gasteiger partial charge in [0, 0.05) is 50.0 Å². The van der Waals surface area contributed by atoms with Crippen LogP contribution in [0.25, 0.3) is 105 Å². The molecule has 0 unspecified atom stereocenters. The van der Waals surface area contributed by atoms with Crippen LogP contribution in [-0.4, -0.2) is 4.57 Å². The van der Waals surface area contributed by atoms with Crippen molar-refractivity contribution in [2.24, 2.45) is 0 Å². The van der Waals surface area contributed by atoms with Gasteiger partial charge in [0.1, 0.15) is 0 Å². The number of rotatable bonds is 12. The number of fused-ring (bicyclic) bond motifs is 5. The standard InChI is InChI=1S/C80H55N3/c1-6-22-56(23-7-1)58-38-43-65(44-39-58)81(78-50-47-69(60-26-10-3-11-27-60)71-32-16-18-34-73(71)78)67-52-63(62-42-49-80-76(54-62)75-36-20-21-37-77(75)83(80)64-30-14-5-15-31-64)53-68(55-67)82(66-45-40-59(41-46-66)57-24-8-2-9-25-57)79-51-48-70(61-28-12-4-13-29-61)72-33-17-19-35-74(72)79/h1-55H. The first-order valence-electron chi connectivity index (χ1n) is 28.5. The maximum Gasteiger partial charge on any atom is 0.0541 e. The van der Waals surface area contributed by atoms with Gasteiger partial charge in [0.25, 0.3) is 0 Å². The Balaban J connectivity index is 1.02. The molecule has 14 aromatic carbocycles. The summed E-state index contributed by atoms with van der Waals surface area (Å²) >= 11 is 0. The Bertz CT molecular complexity index is 4580. The molecule has 0 bridgehead atoms. The van der Waals surface area contributed by atoms with Gasteiger partial charge >= 0.3 is 0 Å². The van der Waals surface area contributed by atoms with Crippen LogP contribution in [0, 0.1) is 0 Å². The van der Waals surface area contributed by atoms with E-state index in [2.05, 4.69) is 348 Å². The van der Waals surface area contributed by atoms with E-state index >= 15 is 0 Å². The smallest absolute Gasteiger partial charge is 0.0541 e. The summed E-state index contributed by atoms with van der Waals surface area (Å²) in [4.78, 5) is 4.96. The van der Waals surface area contributed by atoms with E-state index in [1.165, 1.54) is 60.4 Å². The fourth-order valence-corrected chi connectivity index (χ4v) is 12.4. The Kier molecular flexibility index (Phi) is 12.6. The molecule has 3 nitrogen and oxygen atoms in total. The minimum atomic E-state index is 1.02. The SMILES string of the molecule is c1ccc(-c2ccc(N(c3cc(-c4ccc5c(c4)c4ccccc4n5-c4ccccc4)cc(N(c4ccc(-c5ccccc5)cc4)c4ccc(-c5ccccc5)c5ccccc45)c3)c3ccc(-c4ccccc4)c4ccccc34)cc2)cc1. The molecule has 0 fully saturated rings. The summed E-state index contributed by atoms with van der Waals surface area (Å²) in [5, 5.41) is 7.07. The van der Waals surface area contributed by atoms with Crippen LogP contribution in [0.1, 0.15) is 0 Å². The minimum absolute atomic E-state index is 1.02. The zero-order valence-electron chi connectivity index (χ0n) is 45.6. The lowest BCUT2D eigenvalue weighted by Crippen LogP contribution is -2.14. The summed E-state index contributed by atoms with van der Waals surface area (Å²) < 4.78 is 2.40. The van der Waals surface area contributed by atoms with Gasteiger partial charge in [-0.25, -0.2) is 0 Å². The van der Waals surface area contributed by atoms with E-state index in [0.29, 0.717) is 0 Å². The molecule has 0 amide bonds. The summed E-state index contributed by atoms with van der Waals surface area (Å²) in [7, 11) is 0. The summed E-state index contributed by atoms with van der Waals surface area (Å²) in [5.74, 6) is 0. The number of hydrogen-bond acceptors (Lipinski definition) is 2. The van der Waals surface area contributed by atoms with Crippen molar-refractivity contribution in [2.75, 3.05) is 9.80 Å². The maximum atomic E-state index is 2.48. The third-order valence-electron chi connectivity index (χ3n) is 16.4. The monoisotopic (exact) mass is 1060 g/mol. The van der Waals surface area contributed by atoms with Crippen molar-refractivity contribution >= 4 is 77.5 Å². The van der Waals surface area contributed by atoms with Crippen molar-refractivity contribution in [3.8, 4) is 61.3 Å². The molecule has 0 spiro atoms. The molecule has 0 aliphatic rings. The van der Waals surface area contributed by atoms with Crippen LogP contribution >= 0.6 is 0 Å². The number of anilines is 6. The fourth-order valence-electron chi connectivity index (χ4n) is 12.4. The van der Waals surface area contributed by atoms with Crippen LogP contribution in [0.4, 0.5) is 34.1 Å². The highest BCUT2D eigenvalue weighted by atomic mass is 15.2. The molecule has 15 aromatic rings. The van der Waals surface area contributed by atoms with Gasteiger partial charge in [-0.05, 0) is 151 Å². The Hall–Kier alpha value is -11.0. The topological polar surface area (TPSA) is 11.4 Å². The highest BCUT2D eigenvalue weighted by Crippen LogP contribution is 2.49. The fraction of sp³-hybridized carbons (Fsp3) is 0. The molecule has 0 atom stereocenters. The largest absolute Gasteiger partial charge is 0.310 e. The first kappa shape index (κ1) is 49.1. The van der Waals surface area contributed by atoms with Crippen molar-refractivity contribution in [3.05, 3.63) is 334 Å². The molecule has 0 aliphatic heterocycles. The second-order valence-corrected chi connectivity index (χ2v) is 21.2. The number of hydrogen-bond donors (Lipinski definition) is 0. The molecule has 0 N–H and O–H groups in total. The molecule has 0 saturated carbocycles. The summed E-state index contributed by atoms with van der Waals surface area (Å²) in [6.07, 6.45) is 0. The van der Waals surface area contributed by atoms with Crippen LogP contribution in [0.2, 0.25) is 0 Å². The van der Waals surface area contributed by atoms with Crippen LogP contribution in [0.15, 0.2) is 334 Å². The number of nitrogens with zero attached hydrogens (tertiary/aromatic N) is 3. The summed E-state index contributed by atoms with van der Waals surface area (Å²) in [6, 6.07) is 122. The Morgan fingerprint density at radius 1 is 0.193 bits per heavy atom. The zero-order chi connectivity index (χ0) is 55.1.